The highest BCUT2D eigenvalue weighted by Crippen LogP contribution is 2.11. The van der Waals surface area contributed by atoms with E-state index in [0.29, 0.717) is 5.82 Å². The van der Waals surface area contributed by atoms with Crippen molar-refractivity contribution in [2.24, 2.45) is 0 Å². The van der Waals surface area contributed by atoms with Gasteiger partial charge in [0.2, 0.25) is 5.82 Å². The van der Waals surface area contributed by atoms with Crippen LogP contribution in [0.25, 0.3) is 11.4 Å². The van der Waals surface area contributed by atoms with E-state index in [-0.39, 0.29) is 6.04 Å². The summed E-state index contributed by atoms with van der Waals surface area (Å²) < 4.78 is 0. The molecule has 0 aliphatic heterocycles. The van der Waals surface area contributed by atoms with Gasteiger partial charge in [-0.25, -0.2) is 0 Å². The Bertz CT molecular complexity index is 406. The molecule has 72 valence electrons. The molecule has 5 heteroatoms. The van der Waals surface area contributed by atoms with Gasteiger partial charge in [0.15, 0.2) is 0 Å². The van der Waals surface area contributed by atoms with E-state index < -0.39 is 0 Å². The highest BCUT2D eigenvalue weighted by Gasteiger charge is 2.06. The van der Waals surface area contributed by atoms with Gasteiger partial charge in [-0.3, -0.25) is 4.98 Å². The maximum Gasteiger partial charge on any atom is 0.206 e. The minimum atomic E-state index is 0.230. The molecule has 0 aliphatic carbocycles. The Hall–Kier alpha value is -1.78. The Balaban J connectivity index is 2.34. The van der Waals surface area contributed by atoms with Gasteiger partial charge >= 0.3 is 0 Å². The molecule has 0 bridgehead atoms. The monoisotopic (exact) mass is 189 g/mol. The number of rotatable bonds is 2. The Labute approximate surface area is 81.8 Å². The van der Waals surface area contributed by atoms with Gasteiger partial charge in [0.25, 0.3) is 0 Å². The standard InChI is InChI=1S/C9H11N5/c1-7(2)14-12-9(11-13-14)8-4-3-5-10-6-8/h3-7H,1-2H3. The highest BCUT2D eigenvalue weighted by atomic mass is 15.6. The third kappa shape index (κ3) is 1.61. The van der Waals surface area contributed by atoms with Crippen LogP contribution < -0.4 is 0 Å². The summed E-state index contributed by atoms with van der Waals surface area (Å²) in [6.45, 7) is 4.02. The smallest absolute Gasteiger partial charge is 0.206 e. The maximum atomic E-state index is 4.23. The molecule has 0 spiro atoms. The van der Waals surface area contributed by atoms with Gasteiger partial charge in [-0.15, -0.1) is 10.2 Å². The molecule has 0 radical (unpaired) electrons. The third-order valence-electron chi connectivity index (χ3n) is 1.81. The lowest BCUT2D eigenvalue weighted by atomic mass is 10.3. The Morgan fingerprint density at radius 1 is 1.36 bits per heavy atom. The first-order valence-electron chi connectivity index (χ1n) is 4.47. The molecule has 0 saturated carbocycles. The second-order valence-corrected chi connectivity index (χ2v) is 3.27. The van der Waals surface area contributed by atoms with Crippen molar-refractivity contribution in [1.29, 1.82) is 0 Å². The lowest BCUT2D eigenvalue weighted by molar-refractivity contribution is 0.455. The summed E-state index contributed by atoms with van der Waals surface area (Å²) in [5.74, 6) is 0.617. The summed E-state index contributed by atoms with van der Waals surface area (Å²) in [4.78, 5) is 5.58. The molecule has 0 N–H and O–H groups in total. The van der Waals surface area contributed by atoms with Crippen LogP contribution in [0.3, 0.4) is 0 Å². The number of nitrogens with zero attached hydrogens (tertiary/aromatic N) is 5. The molecule has 2 heterocycles. The molecular formula is C9H11N5. The molecule has 2 rings (SSSR count). The fraction of sp³-hybridized carbons (Fsp3) is 0.333. The van der Waals surface area contributed by atoms with Crippen molar-refractivity contribution in [2.75, 3.05) is 0 Å². The number of aromatic nitrogens is 5. The summed E-state index contributed by atoms with van der Waals surface area (Å²) in [5.41, 5.74) is 0.888. The van der Waals surface area contributed by atoms with Crippen LogP contribution in [0.15, 0.2) is 24.5 Å². The van der Waals surface area contributed by atoms with Gasteiger partial charge in [-0.05, 0) is 31.2 Å². The Kier molecular flexibility index (Phi) is 2.22. The minimum absolute atomic E-state index is 0.230. The zero-order chi connectivity index (χ0) is 9.97. The molecule has 0 saturated heterocycles. The number of hydrogen-bond acceptors (Lipinski definition) is 4. The summed E-state index contributed by atoms with van der Waals surface area (Å²) in [6, 6.07) is 3.99. The molecule has 0 aliphatic rings. The molecule has 0 aromatic carbocycles. The van der Waals surface area contributed by atoms with Crippen molar-refractivity contribution in [1.82, 2.24) is 25.2 Å². The van der Waals surface area contributed by atoms with Crippen LogP contribution in [-0.4, -0.2) is 25.2 Å². The van der Waals surface area contributed by atoms with Gasteiger partial charge in [-0.2, -0.15) is 4.80 Å². The zero-order valence-corrected chi connectivity index (χ0v) is 8.12. The quantitative estimate of drug-likeness (QED) is 0.714. The van der Waals surface area contributed by atoms with Crippen LogP contribution in [0.4, 0.5) is 0 Å². The predicted molar refractivity (Wildman–Crippen MR) is 51.4 cm³/mol. The van der Waals surface area contributed by atoms with Gasteiger partial charge in [-0.1, -0.05) is 0 Å². The SMILES string of the molecule is CC(C)n1nnc(-c2cccnc2)n1. The van der Waals surface area contributed by atoms with Crippen molar-refractivity contribution in [3.63, 3.8) is 0 Å². The molecule has 2 aromatic rings. The van der Waals surface area contributed by atoms with Crippen LogP contribution in [0.1, 0.15) is 19.9 Å². The lowest BCUT2D eigenvalue weighted by Gasteiger charge is -1.98. The molecule has 0 amide bonds. The van der Waals surface area contributed by atoms with Crippen molar-refractivity contribution in [3.8, 4) is 11.4 Å². The first kappa shape index (κ1) is 8.80. The van der Waals surface area contributed by atoms with E-state index in [0.717, 1.165) is 5.56 Å². The van der Waals surface area contributed by atoms with Crippen molar-refractivity contribution < 1.29 is 0 Å². The van der Waals surface area contributed by atoms with Gasteiger partial charge < -0.3 is 0 Å². The first-order chi connectivity index (χ1) is 6.77. The van der Waals surface area contributed by atoms with E-state index >= 15 is 0 Å². The normalized spacial score (nSPS) is 10.8. The topological polar surface area (TPSA) is 56.5 Å². The third-order valence-corrected chi connectivity index (χ3v) is 1.81. The maximum absolute atomic E-state index is 4.23. The highest BCUT2D eigenvalue weighted by molar-refractivity contribution is 5.51. The molecule has 0 unspecified atom stereocenters. The van der Waals surface area contributed by atoms with E-state index in [9.17, 15) is 0 Å². The summed E-state index contributed by atoms with van der Waals surface area (Å²) >= 11 is 0. The molecule has 14 heavy (non-hydrogen) atoms. The largest absolute Gasteiger partial charge is 0.264 e. The van der Waals surface area contributed by atoms with Gasteiger partial charge in [0.1, 0.15) is 0 Å². The zero-order valence-electron chi connectivity index (χ0n) is 8.12. The average molecular weight is 189 g/mol. The second kappa shape index (κ2) is 3.53. The van der Waals surface area contributed by atoms with E-state index in [4.69, 9.17) is 0 Å². The summed E-state index contributed by atoms with van der Waals surface area (Å²) in [6.07, 6.45) is 3.44. The van der Waals surface area contributed by atoms with Crippen molar-refractivity contribution in [2.45, 2.75) is 19.9 Å². The van der Waals surface area contributed by atoms with Crippen molar-refractivity contribution >= 4 is 0 Å². The van der Waals surface area contributed by atoms with Gasteiger partial charge in [0, 0.05) is 18.0 Å². The molecule has 5 nitrogen and oxygen atoms in total. The lowest BCUT2D eigenvalue weighted by Crippen LogP contribution is -2.04. The number of tetrazole rings is 1. The molecule has 0 atom stereocenters. The van der Waals surface area contributed by atoms with Crippen molar-refractivity contribution in [3.05, 3.63) is 24.5 Å². The van der Waals surface area contributed by atoms with Crippen LogP contribution in [0.2, 0.25) is 0 Å². The Morgan fingerprint density at radius 2 is 2.21 bits per heavy atom. The van der Waals surface area contributed by atoms with E-state index in [1.54, 1.807) is 17.2 Å². The van der Waals surface area contributed by atoms with Crippen LogP contribution >= 0.6 is 0 Å². The van der Waals surface area contributed by atoms with Crippen LogP contribution in [0.5, 0.6) is 0 Å². The molecule has 2 aromatic heterocycles. The minimum Gasteiger partial charge on any atom is -0.264 e. The molecule has 0 fully saturated rings. The Morgan fingerprint density at radius 3 is 2.79 bits per heavy atom. The number of hydrogen-bond donors (Lipinski definition) is 0. The summed E-state index contributed by atoms with van der Waals surface area (Å²) in [5, 5.41) is 12.1. The average Bonchev–Trinajstić information content (AvgIpc) is 2.68. The first-order valence-corrected chi connectivity index (χ1v) is 4.47. The fourth-order valence-electron chi connectivity index (χ4n) is 1.05. The van der Waals surface area contributed by atoms with E-state index in [1.807, 2.05) is 26.0 Å². The van der Waals surface area contributed by atoms with E-state index in [2.05, 4.69) is 20.4 Å². The fourth-order valence-corrected chi connectivity index (χ4v) is 1.05. The number of pyridine rings is 1. The van der Waals surface area contributed by atoms with E-state index in [1.165, 1.54) is 0 Å². The van der Waals surface area contributed by atoms with Crippen LogP contribution in [-0.2, 0) is 0 Å². The summed E-state index contributed by atoms with van der Waals surface area (Å²) in [7, 11) is 0. The van der Waals surface area contributed by atoms with Crippen LogP contribution in [0, 0.1) is 0 Å². The molecular weight excluding hydrogens is 178 g/mol. The van der Waals surface area contributed by atoms with Gasteiger partial charge in [0.05, 0.1) is 6.04 Å². The predicted octanol–water partition coefficient (Wildman–Crippen LogP) is 1.32. The second-order valence-electron chi connectivity index (χ2n) is 3.27.